The molecule has 9 nitrogen and oxygen atoms in total. The molecule has 0 saturated heterocycles. The highest BCUT2D eigenvalue weighted by Gasteiger charge is 2.39. The number of nitrogens with zero attached hydrogens (tertiary/aromatic N) is 4. The summed E-state index contributed by atoms with van der Waals surface area (Å²) in [6.45, 7) is 2.42. The van der Waals surface area contributed by atoms with Gasteiger partial charge in [0.15, 0.2) is 0 Å². The van der Waals surface area contributed by atoms with Crippen LogP contribution in [-0.4, -0.2) is 50.4 Å². The van der Waals surface area contributed by atoms with Crippen LogP contribution < -0.4 is 15.8 Å². The normalized spacial score (nSPS) is 18.6. The van der Waals surface area contributed by atoms with Crippen molar-refractivity contribution >= 4 is 22.9 Å². The summed E-state index contributed by atoms with van der Waals surface area (Å²) >= 11 is 0. The number of aromatic nitrogens is 3. The Morgan fingerprint density at radius 2 is 1.95 bits per heavy atom. The number of benzene rings is 2. The van der Waals surface area contributed by atoms with Crippen molar-refractivity contribution in [1.82, 2.24) is 24.8 Å². The predicted molar refractivity (Wildman–Crippen MR) is 148 cm³/mol. The second-order valence-electron chi connectivity index (χ2n) is 10.5. The molecule has 38 heavy (non-hydrogen) atoms. The van der Waals surface area contributed by atoms with E-state index in [9.17, 15) is 9.90 Å². The fourth-order valence-electron chi connectivity index (χ4n) is 5.33. The fourth-order valence-corrected chi connectivity index (χ4v) is 5.33. The Morgan fingerprint density at radius 3 is 2.66 bits per heavy atom. The summed E-state index contributed by atoms with van der Waals surface area (Å²) in [5.74, 6) is 1.61. The summed E-state index contributed by atoms with van der Waals surface area (Å²) in [6, 6.07) is 18.3. The number of hydrogen-bond donors (Lipinski definition) is 3. The Morgan fingerprint density at radius 1 is 1.18 bits per heavy atom. The van der Waals surface area contributed by atoms with Crippen LogP contribution in [0.2, 0.25) is 0 Å². The van der Waals surface area contributed by atoms with Crippen molar-refractivity contribution in [1.29, 1.82) is 0 Å². The summed E-state index contributed by atoms with van der Waals surface area (Å²) in [4.78, 5) is 22.2. The Balaban J connectivity index is 1.38. The topological polar surface area (TPSA) is 119 Å². The number of rotatable bonds is 9. The molecule has 2 aromatic heterocycles. The number of fused-ring (bicyclic) bond motifs is 1. The molecule has 0 bridgehead atoms. The number of nitrogen functional groups attached to an aromatic ring is 1. The van der Waals surface area contributed by atoms with Crippen LogP contribution in [0.15, 0.2) is 67.1 Å². The van der Waals surface area contributed by atoms with Crippen molar-refractivity contribution in [2.45, 2.75) is 44.5 Å². The van der Waals surface area contributed by atoms with Crippen molar-refractivity contribution in [2.24, 2.45) is 5.92 Å². The quantitative estimate of drug-likeness (QED) is 0.264. The molecule has 2 aromatic carbocycles. The van der Waals surface area contributed by atoms with Gasteiger partial charge in [-0.15, -0.1) is 0 Å². The highest BCUT2D eigenvalue weighted by atomic mass is 16.5. The zero-order chi connectivity index (χ0) is 26.9. The Hall–Kier alpha value is -4.11. The smallest absolute Gasteiger partial charge is 0.406 e. The van der Waals surface area contributed by atoms with E-state index in [1.807, 2.05) is 80.5 Å². The van der Waals surface area contributed by atoms with E-state index < -0.39 is 11.8 Å². The first-order valence-corrected chi connectivity index (χ1v) is 12.8. The van der Waals surface area contributed by atoms with Gasteiger partial charge in [-0.1, -0.05) is 42.5 Å². The number of carboxylic acid groups (broad SMARTS) is 1. The number of nitrogens with two attached hydrogens (primary N) is 1. The van der Waals surface area contributed by atoms with Gasteiger partial charge in [-0.25, -0.2) is 14.8 Å². The fraction of sp³-hybridized carbons (Fsp3) is 0.345. The van der Waals surface area contributed by atoms with E-state index in [0.29, 0.717) is 18.3 Å². The van der Waals surface area contributed by atoms with Gasteiger partial charge in [0.05, 0.1) is 11.0 Å². The first kappa shape index (κ1) is 25.5. The van der Waals surface area contributed by atoms with Gasteiger partial charge < -0.3 is 25.5 Å². The zero-order valence-electron chi connectivity index (χ0n) is 22.0. The third-order valence-electron chi connectivity index (χ3n) is 7.69. The summed E-state index contributed by atoms with van der Waals surface area (Å²) in [5, 5.41) is 12.8. The molecule has 198 valence electrons. The maximum atomic E-state index is 11.4. The first-order valence-electron chi connectivity index (χ1n) is 12.8. The molecular formula is C29H34N6O3. The van der Waals surface area contributed by atoms with Gasteiger partial charge in [-0.2, -0.15) is 0 Å². The first-order chi connectivity index (χ1) is 18.2. The molecule has 4 aromatic rings. The average Bonchev–Trinajstić information content (AvgIpc) is 3.25. The maximum absolute atomic E-state index is 11.4. The van der Waals surface area contributed by atoms with Gasteiger partial charge in [0.25, 0.3) is 0 Å². The van der Waals surface area contributed by atoms with Crippen LogP contribution in [0.25, 0.3) is 22.2 Å². The van der Waals surface area contributed by atoms with Crippen molar-refractivity contribution < 1.29 is 14.6 Å². The molecule has 9 heteroatoms. The van der Waals surface area contributed by atoms with Crippen LogP contribution in [-0.2, 0) is 6.61 Å². The molecule has 4 N–H and O–H groups in total. The second-order valence-corrected chi connectivity index (χ2v) is 10.5. The lowest BCUT2D eigenvalue weighted by Gasteiger charge is -2.44. The largest absolute Gasteiger partial charge is 0.489 e. The lowest BCUT2D eigenvalue weighted by molar-refractivity contribution is 0.0570. The van der Waals surface area contributed by atoms with Crippen molar-refractivity contribution in [3.8, 4) is 16.9 Å². The highest BCUT2D eigenvalue weighted by Crippen LogP contribution is 2.46. The van der Waals surface area contributed by atoms with Gasteiger partial charge >= 0.3 is 6.09 Å². The average molecular weight is 515 g/mol. The van der Waals surface area contributed by atoms with Gasteiger partial charge in [0.1, 0.15) is 30.1 Å². The van der Waals surface area contributed by atoms with E-state index in [4.69, 9.17) is 10.5 Å². The maximum Gasteiger partial charge on any atom is 0.406 e. The van der Waals surface area contributed by atoms with Gasteiger partial charge in [-0.3, -0.25) is 4.90 Å². The van der Waals surface area contributed by atoms with Crippen LogP contribution >= 0.6 is 0 Å². The van der Waals surface area contributed by atoms with E-state index in [2.05, 4.69) is 26.0 Å². The summed E-state index contributed by atoms with van der Waals surface area (Å²) in [5.41, 5.74) is 9.61. The van der Waals surface area contributed by atoms with E-state index in [-0.39, 0.29) is 6.04 Å². The van der Waals surface area contributed by atoms with E-state index in [1.165, 1.54) is 6.33 Å². The molecule has 1 amide bonds. The summed E-state index contributed by atoms with van der Waals surface area (Å²) < 4.78 is 8.27. The predicted octanol–water partition coefficient (Wildman–Crippen LogP) is 5.15. The molecule has 1 fully saturated rings. The molecule has 0 aliphatic heterocycles. The van der Waals surface area contributed by atoms with E-state index in [1.54, 1.807) is 0 Å². The lowest BCUT2D eigenvalue weighted by Crippen LogP contribution is -2.57. The van der Waals surface area contributed by atoms with Crippen LogP contribution in [0, 0.1) is 5.92 Å². The van der Waals surface area contributed by atoms with Gasteiger partial charge in [-0.05, 0) is 69.5 Å². The SMILES string of the molecule is CN(C)C(C)(CC1CC(n2cc(-c3cccc(OCc4ccccc4)c3)c3c(N)ncnc32)C1)NC(=O)O. The Kier molecular flexibility index (Phi) is 6.94. The molecule has 5 rings (SSSR count). The van der Waals surface area contributed by atoms with E-state index in [0.717, 1.165) is 52.7 Å². The molecule has 1 atom stereocenters. The van der Waals surface area contributed by atoms with Crippen molar-refractivity contribution in [3.63, 3.8) is 0 Å². The third-order valence-corrected chi connectivity index (χ3v) is 7.69. The number of hydrogen-bond acceptors (Lipinski definition) is 6. The molecule has 1 saturated carbocycles. The minimum absolute atomic E-state index is 0.249. The number of nitrogens with one attached hydrogen (secondary N) is 1. The number of ether oxygens (including phenoxy) is 1. The minimum Gasteiger partial charge on any atom is -0.489 e. The minimum atomic E-state index is -1.01. The van der Waals surface area contributed by atoms with Crippen LogP contribution in [0.1, 0.15) is 37.8 Å². The molecule has 1 unspecified atom stereocenters. The molecule has 0 radical (unpaired) electrons. The van der Waals surface area contributed by atoms with Crippen LogP contribution in [0.3, 0.4) is 0 Å². The number of carbonyl (C=O) groups is 1. The van der Waals surface area contributed by atoms with Gasteiger partial charge in [0, 0.05) is 17.8 Å². The van der Waals surface area contributed by atoms with E-state index >= 15 is 0 Å². The molecule has 1 aliphatic rings. The molecular weight excluding hydrogens is 480 g/mol. The van der Waals surface area contributed by atoms with Crippen molar-refractivity contribution in [3.05, 3.63) is 72.7 Å². The molecule has 2 heterocycles. The lowest BCUT2D eigenvalue weighted by atomic mass is 9.75. The summed E-state index contributed by atoms with van der Waals surface area (Å²) in [6.07, 6.45) is 5.20. The van der Waals surface area contributed by atoms with Crippen molar-refractivity contribution in [2.75, 3.05) is 19.8 Å². The summed E-state index contributed by atoms with van der Waals surface area (Å²) in [7, 11) is 3.80. The van der Waals surface area contributed by atoms with Crippen LogP contribution in [0.5, 0.6) is 5.75 Å². The number of anilines is 1. The highest BCUT2D eigenvalue weighted by molar-refractivity contribution is 6.00. The Bertz CT molecular complexity index is 1430. The van der Waals surface area contributed by atoms with Crippen LogP contribution in [0.4, 0.5) is 10.6 Å². The van der Waals surface area contributed by atoms with Gasteiger partial charge in [0.2, 0.25) is 0 Å². The molecule has 1 aliphatic carbocycles. The standard InChI is InChI=1S/C29H34N6O3/c1-29(34(2)3,33-28(36)37)15-20-12-22(13-20)35-16-24(25-26(30)31-18-32-27(25)35)21-10-7-11-23(14-21)38-17-19-8-5-4-6-9-19/h4-11,14,16,18,20,22,33H,12-13,15,17H2,1-3H3,(H,36,37)(H2,30,31,32). The second kappa shape index (κ2) is 10.3. The third kappa shape index (κ3) is 5.15. The monoisotopic (exact) mass is 514 g/mol. The molecule has 0 spiro atoms. The Labute approximate surface area is 222 Å². The zero-order valence-corrected chi connectivity index (χ0v) is 22.0. The number of amides is 1.